The van der Waals surface area contributed by atoms with Crippen molar-refractivity contribution in [3.63, 3.8) is 0 Å². The monoisotopic (exact) mass is 158 g/mol. The fourth-order valence-electron chi connectivity index (χ4n) is 0.934. The summed E-state index contributed by atoms with van der Waals surface area (Å²) in [5.74, 6) is 0.0551. The number of guanidine groups is 1. The minimum Gasteiger partial charge on any atom is -0.369 e. The molecule has 1 heterocycles. The Bertz CT molecular complexity index is 151. The van der Waals surface area contributed by atoms with Crippen LogP contribution < -0.4 is 17.0 Å². The number of hydrogen-bond acceptors (Lipinski definition) is 4. The van der Waals surface area contributed by atoms with Crippen LogP contribution in [0.2, 0.25) is 0 Å². The van der Waals surface area contributed by atoms with Crippen LogP contribution in [0.5, 0.6) is 0 Å². The van der Waals surface area contributed by atoms with Crippen LogP contribution in [-0.4, -0.2) is 42.7 Å². The Morgan fingerprint density at radius 1 is 1.45 bits per heavy atom. The molecule has 0 bridgehead atoms. The van der Waals surface area contributed by atoms with E-state index in [1.807, 2.05) is 12.1 Å². The molecule has 6 heteroatoms. The molecule has 0 aliphatic carbocycles. The van der Waals surface area contributed by atoms with Crippen LogP contribution in [0.1, 0.15) is 0 Å². The molecule has 11 heavy (non-hydrogen) atoms. The van der Waals surface area contributed by atoms with Crippen LogP contribution in [0.25, 0.3) is 0 Å². The average Bonchev–Trinajstić information content (AvgIpc) is 2.31. The molecule has 0 amide bonds. The molecule has 0 saturated carbocycles. The summed E-state index contributed by atoms with van der Waals surface area (Å²) < 4.78 is 0. The highest BCUT2D eigenvalue weighted by molar-refractivity contribution is 5.75. The number of hydrazine groups is 1. The Labute approximate surface area is 65.8 Å². The Balaban J connectivity index is 2.23. The summed E-state index contributed by atoms with van der Waals surface area (Å²) in [6, 6.07) is 0. The van der Waals surface area contributed by atoms with Crippen molar-refractivity contribution >= 4 is 5.96 Å². The third-order valence-electron chi connectivity index (χ3n) is 1.48. The molecule has 0 aromatic carbocycles. The first-order valence-corrected chi connectivity index (χ1v) is 3.46. The lowest BCUT2D eigenvalue weighted by molar-refractivity contribution is 0.202. The van der Waals surface area contributed by atoms with Gasteiger partial charge in [-0.2, -0.15) is 5.01 Å². The lowest BCUT2D eigenvalue weighted by Crippen LogP contribution is -2.37. The maximum absolute atomic E-state index is 5.13. The summed E-state index contributed by atoms with van der Waals surface area (Å²) in [6.45, 7) is 2.82. The number of hydrogen-bond donors (Lipinski definition) is 3. The molecule has 1 aliphatic heterocycles. The second-order valence-corrected chi connectivity index (χ2v) is 2.62. The van der Waals surface area contributed by atoms with E-state index in [4.69, 9.17) is 11.5 Å². The zero-order valence-electron chi connectivity index (χ0n) is 6.62. The van der Waals surface area contributed by atoms with Crippen LogP contribution in [0.3, 0.4) is 0 Å². The van der Waals surface area contributed by atoms with Crippen LogP contribution in [0.4, 0.5) is 0 Å². The fourth-order valence-corrected chi connectivity index (χ4v) is 0.934. The molecule has 1 aliphatic rings. The maximum Gasteiger partial charge on any atom is 0.209 e. The number of hydrazone groups is 1. The highest BCUT2D eigenvalue weighted by Gasteiger charge is 2.14. The smallest absolute Gasteiger partial charge is 0.209 e. The molecule has 6 nitrogen and oxygen atoms in total. The SMILES string of the molecule is CN1CCN(NN=C(N)N)C1. The first kappa shape index (κ1) is 8.09. The van der Waals surface area contributed by atoms with Crippen molar-refractivity contribution in [2.24, 2.45) is 16.6 Å². The van der Waals surface area contributed by atoms with Gasteiger partial charge in [0.1, 0.15) is 0 Å². The van der Waals surface area contributed by atoms with Crippen LogP contribution in [0, 0.1) is 0 Å². The third-order valence-corrected chi connectivity index (χ3v) is 1.48. The minimum atomic E-state index is 0.0551. The Kier molecular flexibility index (Phi) is 2.50. The van der Waals surface area contributed by atoms with Crippen molar-refractivity contribution in [1.82, 2.24) is 15.4 Å². The standard InChI is InChI=1S/C5H14N6/c1-10-2-3-11(4-10)9-8-5(6)7/h9H,2-4H2,1H3,(H4,6,7,8). The number of likely N-dealkylation sites (N-methyl/N-ethyl adjacent to an activating group) is 1. The number of nitrogens with one attached hydrogen (secondary N) is 1. The van der Waals surface area contributed by atoms with Crippen molar-refractivity contribution < 1.29 is 0 Å². The van der Waals surface area contributed by atoms with Gasteiger partial charge in [0.25, 0.3) is 0 Å². The second kappa shape index (κ2) is 3.40. The average molecular weight is 158 g/mol. The Morgan fingerprint density at radius 3 is 2.64 bits per heavy atom. The van der Waals surface area contributed by atoms with Gasteiger partial charge in [-0.05, 0) is 7.05 Å². The van der Waals surface area contributed by atoms with Gasteiger partial charge in [0.05, 0.1) is 6.67 Å². The van der Waals surface area contributed by atoms with E-state index in [0.717, 1.165) is 19.8 Å². The van der Waals surface area contributed by atoms with E-state index in [1.54, 1.807) is 0 Å². The van der Waals surface area contributed by atoms with E-state index in [1.165, 1.54) is 0 Å². The van der Waals surface area contributed by atoms with Gasteiger partial charge in [-0.1, -0.05) is 0 Å². The van der Waals surface area contributed by atoms with Crippen LogP contribution in [-0.2, 0) is 0 Å². The molecule has 1 fully saturated rings. The summed E-state index contributed by atoms with van der Waals surface area (Å²) >= 11 is 0. The molecular formula is C5H14N6. The molecule has 1 rings (SSSR count). The van der Waals surface area contributed by atoms with Gasteiger partial charge in [0.2, 0.25) is 5.96 Å². The van der Waals surface area contributed by atoms with E-state index in [0.29, 0.717) is 0 Å². The second-order valence-electron chi connectivity index (χ2n) is 2.62. The lowest BCUT2D eigenvalue weighted by Gasteiger charge is -2.13. The van der Waals surface area contributed by atoms with E-state index in [9.17, 15) is 0 Å². The quantitative estimate of drug-likeness (QED) is 0.243. The summed E-state index contributed by atoms with van der Waals surface area (Å²) in [5, 5.41) is 5.59. The molecule has 0 atom stereocenters. The topological polar surface area (TPSA) is 82.9 Å². The van der Waals surface area contributed by atoms with Crippen molar-refractivity contribution in [2.75, 3.05) is 26.8 Å². The van der Waals surface area contributed by atoms with Crippen molar-refractivity contribution in [2.45, 2.75) is 0 Å². The van der Waals surface area contributed by atoms with Crippen LogP contribution in [0.15, 0.2) is 5.10 Å². The van der Waals surface area contributed by atoms with Crippen molar-refractivity contribution in [3.05, 3.63) is 0 Å². The fraction of sp³-hybridized carbons (Fsp3) is 0.800. The van der Waals surface area contributed by atoms with Gasteiger partial charge in [0, 0.05) is 13.1 Å². The predicted molar refractivity (Wildman–Crippen MR) is 43.1 cm³/mol. The molecule has 0 aromatic rings. The maximum atomic E-state index is 5.13. The molecule has 1 saturated heterocycles. The lowest BCUT2D eigenvalue weighted by atomic mass is 10.7. The number of nitrogens with two attached hydrogens (primary N) is 2. The predicted octanol–water partition coefficient (Wildman–Crippen LogP) is -2.12. The Hall–Kier alpha value is -1.01. The molecule has 0 radical (unpaired) electrons. The van der Waals surface area contributed by atoms with Gasteiger partial charge in [-0.15, -0.1) is 5.10 Å². The van der Waals surface area contributed by atoms with Gasteiger partial charge in [0.15, 0.2) is 0 Å². The zero-order chi connectivity index (χ0) is 8.27. The molecule has 0 aromatic heterocycles. The first-order valence-electron chi connectivity index (χ1n) is 3.46. The summed E-state index contributed by atoms with van der Waals surface area (Å²) in [5.41, 5.74) is 13.0. The molecule has 0 spiro atoms. The number of nitrogens with zero attached hydrogens (tertiary/aromatic N) is 3. The van der Waals surface area contributed by atoms with Gasteiger partial charge in [-0.3, -0.25) is 4.90 Å². The van der Waals surface area contributed by atoms with E-state index < -0.39 is 0 Å². The first-order chi connectivity index (χ1) is 5.18. The van der Waals surface area contributed by atoms with E-state index >= 15 is 0 Å². The van der Waals surface area contributed by atoms with E-state index in [2.05, 4.69) is 15.5 Å². The van der Waals surface area contributed by atoms with Crippen LogP contribution >= 0.6 is 0 Å². The van der Waals surface area contributed by atoms with Crippen molar-refractivity contribution in [1.29, 1.82) is 0 Å². The molecule has 5 N–H and O–H groups in total. The highest BCUT2D eigenvalue weighted by Crippen LogP contribution is 1.96. The minimum absolute atomic E-state index is 0.0551. The highest BCUT2D eigenvalue weighted by atomic mass is 15.7. The zero-order valence-corrected chi connectivity index (χ0v) is 6.62. The van der Waals surface area contributed by atoms with Crippen molar-refractivity contribution in [3.8, 4) is 0 Å². The molecule has 0 unspecified atom stereocenters. The molecular weight excluding hydrogens is 144 g/mol. The Morgan fingerprint density at radius 2 is 2.18 bits per heavy atom. The van der Waals surface area contributed by atoms with Gasteiger partial charge >= 0.3 is 0 Å². The summed E-state index contributed by atoms with van der Waals surface area (Å²) in [6.07, 6.45) is 0. The van der Waals surface area contributed by atoms with Gasteiger partial charge < -0.3 is 11.5 Å². The number of rotatable bonds is 2. The normalized spacial score (nSPS) is 20.1. The summed E-state index contributed by atoms with van der Waals surface area (Å²) in [7, 11) is 2.04. The van der Waals surface area contributed by atoms with E-state index in [-0.39, 0.29) is 5.96 Å². The van der Waals surface area contributed by atoms with Gasteiger partial charge in [-0.25, -0.2) is 5.53 Å². The molecule has 64 valence electrons. The third kappa shape index (κ3) is 2.60. The largest absolute Gasteiger partial charge is 0.369 e. The summed E-state index contributed by atoms with van der Waals surface area (Å²) in [4.78, 5) is 2.16.